The maximum absolute atomic E-state index is 9.03. The highest BCUT2D eigenvalue weighted by molar-refractivity contribution is 6.58. The molecule has 0 atom stereocenters. The molecule has 4 heteroatoms. The number of nitrogens with zero attached hydrogens (tertiary/aromatic N) is 1. The Kier molecular flexibility index (Phi) is 5.31. The molecule has 122 valence electrons. The van der Waals surface area contributed by atoms with E-state index in [2.05, 4.69) is 60.5 Å². The second-order valence-electron chi connectivity index (χ2n) is 6.24. The van der Waals surface area contributed by atoms with Crippen LogP contribution in [0.1, 0.15) is 11.1 Å². The average molecular weight is 319 g/mol. The van der Waals surface area contributed by atoms with Crippen LogP contribution in [-0.2, 0) is 13.0 Å². The summed E-state index contributed by atoms with van der Waals surface area (Å²) in [5.74, 6) is 0. The summed E-state index contributed by atoms with van der Waals surface area (Å²) in [7, 11) is 0.720. The van der Waals surface area contributed by atoms with Gasteiger partial charge in [0.25, 0.3) is 0 Å². The molecule has 0 amide bonds. The predicted octanol–water partition coefficient (Wildman–Crippen LogP) is 2.19. The molecular weight excluding hydrogens is 297 g/mol. The van der Waals surface area contributed by atoms with Crippen LogP contribution in [0, 0.1) is 0 Å². The molecule has 0 fully saturated rings. The zero-order valence-electron chi connectivity index (χ0n) is 13.9. The van der Waals surface area contributed by atoms with Crippen molar-refractivity contribution in [1.82, 2.24) is 4.90 Å². The molecule has 0 unspecified atom stereocenters. The molecule has 1 aliphatic heterocycles. The fraction of sp³-hybridized carbons (Fsp3) is 0.200. The van der Waals surface area contributed by atoms with E-state index in [0.29, 0.717) is 5.46 Å². The van der Waals surface area contributed by atoms with E-state index in [1.165, 1.54) is 21.9 Å². The van der Waals surface area contributed by atoms with Crippen LogP contribution in [0.5, 0.6) is 0 Å². The number of likely N-dealkylation sites (N-methyl/N-ethyl adjacent to an activating group) is 1. The highest BCUT2D eigenvalue weighted by Gasteiger charge is 2.17. The Morgan fingerprint density at radius 1 is 0.833 bits per heavy atom. The van der Waals surface area contributed by atoms with Crippen molar-refractivity contribution in [3.8, 4) is 0 Å². The summed E-state index contributed by atoms with van der Waals surface area (Å²) >= 11 is 0. The van der Waals surface area contributed by atoms with Crippen molar-refractivity contribution in [2.45, 2.75) is 13.0 Å². The molecule has 0 aliphatic carbocycles. The molecule has 0 spiro atoms. The maximum Gasteiger partial charge on any atom is 0.488 e. The van der Waals surface area contributed by atoms with E-state index in [1.807, 2.05) is 12.1 Å². The zero-order chi connectivity index (χ0) is 16.9. The highest BCUT2D eigenvalue weighted by atomic mass is 16.4. The molecule has 0 bridgehead atoms. The summed E-state index contributed by atoms with van der Waals surface area (Å²) in [5.41, 5.74) is 3.12. The van der Waals surface area contributed by atoms with Gasteiger partial charge in [0, 0.05) is 13.1 Å². The van der Waals surface area contributed by atoms with E-state index >= 15 is 0 Å². The van der Waals surface area contributed by atoms with Gasteiger partial charge < -0.3 is 14.9 Å². The highest BCUT2D eigenvalue weighted by Crippen LogP contribution is 2.16. The van der Waals surface area contributed by atoms with Crippen LogP contribution in [0.25, 0.3) is 10.8 Å². The monoisotopic (exact) mass is 319 g/mol. The van der Waals surface area contributed by atoms with Gasteiger partial charge in [0.1, 0.15) is 0 Å². The topological polar surface area (TPSA) is 43.7 Å². The second-order valence-corrected chi connectivity index (χ2v) is 6.24. The largest absolute Gasteiger partial charge is 0.488 e. The molecule has 2 N–H and O–H groups in total. The first-order valence-electron chi connectivity index (χ1n) is 8.23. The van der Waals surface area contributed by atoms with E-state index in [0.717, 1.165) is 19.5 Å². The Labute approximate surface area is 143 Å². The van der Waals surface area contributed by atoms with Crippen LogP contribution in [0.15, 0.2) is 66.7 Å². The predicted molar refractivity (Wildman–Crippen MR) is 100 cm³/mol. The number of fused-ring (bicyclic) bond motifs is 2. The number of hydrogen-bond acceptors (Lipinski definition) is 3. The van der Waals surface area contributed by atoms with Crippen molar-refractivity contribution in [3.63, 3.8) is 0 Å². The van der Waals surface area contributed by atoms with Crippen LogP contribution in [0.4, 0.5) is 0 Å². The van der Waals surface area contributed by atoms with Crippen LogP contribution < -0.4 is 5.46 Å². The lowest BCUT2D eigenvalue weighted by atomic mass is 9.78. The van der Waals surface area contributed by atoms with Gasteiger partial charge in [0.2, 0.25) is 0 Å². The Hall–Kier alpha value is -2.14. The van der Waals surface area contributed by atoms with Gasteiger partial charge in [-0.05, 0) is 40.8 Å². The summed E-state index contributed by atoms with van der Waals surface area (Å²) in [6.07, 6.45) is 1.05. The third-order valence-electron chi connectivity index (χ3n) is 4.39. The van der Waals surface area contributed by atoms with Gasteiger partial charge in [-0.1, -0.05) is 66.7 Å². The number of benzene rings is 3. The van der Waals surface area contributed by atoms with Crippen molar-refractivity contribution in [3.05, 3.63) is 77.9 Å². The van der Waals surface area contributed by atoms with Crippen molar-refractivity contribution in [2.75, 3.05) is 13.6 Å². The molecule has 4 rings (SSSR count). The van der Waals surface area contributed by atoms with Crippen LogP contribution in [0.2, 0.25) is 0 Å². The van der Waals surface area contributed by atoms with Gasteiger partial charge in [0.15, 0.2) is 0 Å². The smallest absolute Gasteiger partial charge is 0.423 e. The minimum absolute atomic E-state index is 0.582. The van der Waals surface area contributed by atoms with E-state index in [4.69, 9.17) is 10.0 Å². The fourth-order valence-corrected chi connectivity index (χ4v) is 3.01. The molecule has 0 radical (unpaired) electrons. The minimum Gasteiger partial charge on any atom is -0.423 e. The molecule has 0 aromatic heterocycles. The Morgan fingerprint density at radius 3 is 1.96 bits per heavy atom. The lowest BCUT2D eigenvalue weighted by Gasteiger charge is -2.25. The van der Waals surface area contributed by atoms with E-state index in [9.17, 15) is 0 Å². The molecule has 3 aromatic carbocycles. The van der Waals surface area contributed by atoms with Gasteiger partial charge >= 0.3 is 7.12 Å². The van der Waals surface area contributed by atoms with Gasteiger partial charge in [0.05, 0.1) is 0 Å². The first-order chi connectivity index (χ1) is 11.6. The van der Waals surface area contributed by atoms with Gasteiger partial charge in [-0.3, -0.25) is 0 Å². The molecule has 0 saturated heterocycles. The van der Waals surface area contributed by atoms with E-state index in [1.54, 1.807) is 6.07 Å². The lowest BCUT2D eigenvalue weighted by molar-refractivity contribution is 0.313. The zero-order valence-corrected chi connectivity index (χ0v) is 13.9. The van der Waals surface area contributed by atoms with Crippen LogP contribution in [0.3, 0.4) is 0 Å². The molecule has 3 nitrogen and oxygen atoms in total. The normalized spacial score (nSPS) is 13.8. The van der Waals surface area contributed by atoms with Gasteiger partial charge in [-0.2, -0.15) is 0 Å². The summed E-state index contributed by atoms with van der Waals surface area (Å²) in [4.78, 5) is 2.23. The molecule has 3 aromatic rings. The van der Waals surface area contributed by atoms with E-state index in [-0.39, 0.29) is 0 Å². The molecule has 1 heterocycles. The van der Waals surface area contributed by atoms with Crippen molar-refractivity contribution in [1.29, 1.82) is 0 Å². The molecule has 24 heavy (non-hydrogen) atoms. The summed E-state index contributed by atoms with van der Waals surface area (Å²) in [6, 6.07) is 22.4. The van der Waals surface area contributed by atoms with Gasteiger partial charge in [-0.15, -0.1) is 0 Å². The minimum atomic E-state index is -1.35. The first-order valence-corrected chi connectivity index (χ1v) is 8.23. The third-order valence-corrected chi connectivity index (χ3v) is 4.39. The Bertz CT molecular complexity index is 754. The Balaban J connectivity index is 0.000000149. The van der Waals surface area contributed by atoms with Crippen molar-refractivity contribution in [2.24, 2.45) is 0 Å². The number of rotatable bonds is 1. The van der Waals surface area contributed by atoms with Crippen LogP contribution >= 0.6 is 0 Å². The maximum atomic E-state index is 9.03. The molecule has 1 aliphatic rings. The summed E-state index contributed by atoms with van der Waals surface area (Å²) in [5, 5.41) is 20.7. The number of hydrogen-bond donors (Lipinski definition) is 2. The lowest BCUT2D eigenvalue weighted by Crippen LogP contribution is -2.33. The SMILES string of the molecule is CN1CCc2ccc(B(O)O)cc2C1.c1ccc2ccccc2c1. The fourth-order valence-electron chi connectivity index (χ4n) is 3.01. The third kappa shape index (κ3) is 4.03. The summed E-state index contributed by atoms with van der Waals surface area (Å²) in [6.45, 7) is 1.98. The van der Waals surface area contributed by atoms with Crippen molar-refractivity contribution >= 4 is 23.4 Å². The average Bonchev–Trinajstić information content (AvgIpc) is 2.61. The summed E-state index contributed by atoms with van der Waals surface area (Å²) < 4.78 is 0. The molecular formula is C20H22BNO2. The standard InChI is InChI=1S/C10H14BNO2.C10H8/c1-12-5-4-8-2-3-10(11(13)14)6-9(8)7-12;1-2-6-10-8-4-3-7-9(10)5-1/h2-3,6,13-14H,4-5,7H2,1H3;1-8H. The Morgan fingerprint density at radius 2 is 1.42 bits per heavy atom. The van der Waals surface area contributed by atoms with Gasteiger partial charge in [-0.25, -0.2) is 0 Å². The van der Waals surface area contributed by atoms with Crippen molar-refractivity contribution < 1.29 is 10.0 Å². The first kappa shape index (κ1) is 16.7. The quantitative estimate of drug-likeness (QED) is 0.676. The second kappa shape index (κ2) is 7.62. The van der Waals surface area contributed by atoms with E-state index < -0.39 is 7.12 Å². The molecule has 0 saturated carbocycles. The van der Waals surface area contributed by atoms with Crippen LogP contribution in [-0.4, -0.2) is 35.7 Å².